The van der Waals surface area contributed by atoms with Gasteiger partial charge in [-0.15, -0.1) is 0 Å². The molecule has 8 nitrogen and oxygen atoms in total. The number of rotatable bonds is 53. The normalized spacial score (nSPS) is 14.2. The van der Waals surface area contributed by atoms with Gasteiger partial charge in [-0.2, -0.15) is 0 Å². The molecule has 0 aromatic heterocycles. The van der Waals surface area contributed by atoms with Crippen LogP contribution in [0, 0.1) is 0 Å². The van der Waals surface area contributed by atoms with Crippen LogP contribution in [0.3, 0.4) is 0 Å². The lowest BCUT2D eigenvalue weighted by Crippen LogP contribution is -2.37. The van der Waals surface area contributed by atoms with Crippen molar-refractivity contribution >= 4 is 13.8 Å². The van der Waals surface area contributed by atoms with Gasteiger partial charge in [0, 0.05) is 13.0 Å². The average Bonchev–Trinajstić information content (AvgIpc) is 3.33. The molecule has 2 unspecified atom stereocenters. The molecule has 1 N–H and O–H groups in total. The van der Waals surface area contributed by atoms with Crippen LogP contribution in [0.25, 0.3) is 0 Å². The first-order valence-electron chi connectivity index (χ1n) is 29.0. The van der Waals surface area contributed by atoms with Gasteiger partial charge in [0.05, 0.1) is 34.4 Å². The lowest BCUT2D eigenvalue weighted by atomic mass is 10.0. The third kappa shape index (κ3) is 58.2. The van der Waals surface area contributed by atoms with Gasteiger partial charge in [-0.05, 0) is 96.3 Å². The van der Waals surface area contributed by atoms with E-state index in [1.807, 2.05) is 21.1 Å². The molecular weight excluding hydrogens is 902 g/mol. The molecule has 0 aliphatic heterocycles. The molecule has 0 aromatic rings. The van der Waals surface area contributed by atoms with Gasteiger partial charge in [0.1, 0.15) is 19.3 Å². The zero-order chi connectivity index (χ0) is 51.9. The molecule has 0 heterocycles. The molecule has 0 saturated heterocycles. The molecule has 0 saturated carbocycles. The van der Waals surface area contributed by atoms with Crippen LogP contribution in [0.2, 0.25) is 0 Å². The second kappa shape index (κ2) is 53.7. The van der Waals surface area contributed by atoms with Crippen LogP contribution in [0.5, 0.6) is 0 Å². The summed E-state index contributed by atoms with van der Waals surface area (Å²) in [6.07, 6.45) is 74.7. The molecule has 0 rings (SSSR count). The van der Waals surface area contributed by atoms with Crippen LogP contribution in [0.1, 0.15) is 232 Å². The van der Waals surface area contributed by atoms with Crippen LogP contribution in [0.15, 0.2) is 97.2 Å². The molecule has 2 atom stereocenters. The largest absolute Gasteiger partial charge is 0.472 e. The molecule has 0 spiro atoms. The minimum atomic E-state index is -4.30. The monoisotopic (exact) mass is 1010 g/mol. The fourth-order valence-corrected chi connectivity index (χ4v) is 8.45. The van der Waals surface area contributed by atoms with Gasteiger partial charge >= 0.3 is 13.8 Å². The molecular formula is C62H111NO7P+. The van der Waals surface area contributed by atoms with E-state index in [1.165, 1.54) is 122 Å². The Bertz CT molecular complexity index is 1460. The summed E-state index contributed by atoms with van der Waals surface area (Å²) in [5, 5.41) is 0. The summed E-state index contributed by atoms with van der Waals surface area (Å²) in [5.74, 6) is -0.330. The van der Waals surface area contributed by atoms with E-state index in [9.17, 15) is 14.3 Å². The molecule has 9 heteroatoms. The number of carbonyl (C=O) groups is 1. The lowest BCUT2D eigenvalue weighted by molar-refractivity contribution is -0.870. The maximum Gasteiger partial charge on any atom is 0.472 e. The van der Waals surface area contributed by atoms with Crippen LogP contribution in [-0.4, -0.2) is 75.6 Å². The molecule has 410 valence electrons. The summed E-state index contributed by atoms with van der Waals surface area (Å²) in [5.41, 5.74) is 0. The van der Waals surface area contributed by atoms with Crippen LogP contribution in [0.4, 0.5) is 0 Å². The standard InChI is InChI=1S/C62H110NO7P/c1-6-8-10-12-14-16-18-20-22-24-26-28-30-32-33-35-37-39-41-43-45-47-49-51-53-55-62(64)70-61(60-69-71(65,66)68-58-56-63(3,4)5)59-67-57-54-52-50-48-46-44-42-40-38-36-34-31-29-27-25-23-21-19-17-15-13-11-9-7-2/h8,10,14,16,19-22,25-28,32-33,37,39,61H,6-7,9,11-13,15,17-18,23-24,29-31,34-36,38,40-60H2,1-5H3/p+1/b10-8-,16-14-,21-19-,22-20-,27-25-,28-26-,33-32-,39-37-. The second-order valence-corrected chi connectivity index (χ2v) is 21.7. The predicted molar refractivity (Wildman–Crippen MR) is 307 cm³/mol. The van der Waals surface area contributed by atoms with Crippen molar-refractivity contribution in [3.05, 3.63) is 97.2 Å². The third-order valence-corrected chi connectivity index (χ3v) is 13.1. The van der Waals surface area contributed by atoms with Crippen molar-refractivity contribution in [2.45, 2.75) is 238 Å². The lowest BCUT2D eigenvalue weighted by Gasteiger charge is -2.24. The van der Waals surface area contributed by atoms with Gasteiger partial charge in [0.25, 0.3) is 0 Å². The number of quaternary nitrogens is 1. The van der Waals surface area contributed by atoms with E-state index < -0.39 is 13.9 Å². The number of ether oxygens (including phenoxy) is 2. The number of carbonyl (C=O) groups excluding carboxylic acids is 1. The van der Waals surface area contributed by atoms with E-state index in [4.69, 9.17) is 18.5 Å². The van der Waals surface area contributed by atoms with E-state index in [2.05, 4.69) is 111 Å². The van der Waals surface area contributed by atoms with Crippen molar-refractivity contribution in [2.75, 3.05) is 54.1 Å². The zero-order valence-corrected chi connectivity index (χ0v) is 47.6. The van der Waals surface area contributed by atoms with E-state index in [-0.39, 0.29) is 25.8 Å². The average molecular weight is 1010 g/mol. The summed E-state index contributed by atoms with van der Waals surface area (Å²) in [4.78, 5) is 23.1. The number of allylic oxidation sites excluding steroid dienone is 16. The van der Waals surface area contributed by atoms with Gasteiger partial charge in [0.2, 0.25) is 0 Å². The number of phosphoric ester groups is 1. The van der Waals surface area contributed by atoms with Gasteiger partial charge < -0.3 is 18.9 Å². The fraction of sp³-hybridized carbons (Fsp3) is 0.726. The summed E-state index contributed by atoms with van der Waals surface area (Å²) in [6, 6.07) is 0. The van der Waals surface area contributed by atoms with Gasteiger partial charge in [-0.1, -0.05) is 227 Å². The Morgan fingerprint density at radius 2 is 0.817 bits per heavy atom. The Labute approximate surface area is 438 Å². The quantitative estimate of drug-likeness (QED) is 0.0213. The third-order valence-electron chi connectivity index (χ3n) is 12.1. The molecule has 0 bridgehead atoms. The topological polar surface area (TPSA) is 91.3 Å². The van der Waals surface area contributed by atoms with Crippen molar-refractivity contribution in [3.8, 4) is 0 Å². The highest BCUT2D eigenvalue weighted by atomic mass is 31.2. The molecule has 0 fully saturated rings. The van der Waals surface area contributed by atoms with Crippen LogP contribution in [-0.2, 0) is 27.9 Å². The number of hydrogen-bond donors (Lipinski definition) is 1. The first-order chi connectivity index (χ1) is 34.6. The van der Waals surface area contributed by atoms with Crippen molar-refractivity contribution in [1.82, 2.24) is 0 Å². The van der Waals surface area contributed by atoms with Crippen LogP contribution >= 0.6 is 7.82 Å². The smallest absolute Gasteiger partial charge is 0.457 e. The minimum Gasteiger partial charge on any atom is -0.457 e. The maximum atomic E-state index is 12.8. The number of esters is 1. The molecule has 0 radical (unpaired) electrons. The molecule has 0 amide bonds. The number of hydrogen-bond acceptors (Lipinski definition) is 6. The Kier molecular flexibility index (Phi) is 51.8. The molecule has 0 aliphatic rings. The van der Waals surface area contributed by atoms with E-state index in [0.29, 0.717) is 24.1 Å². The number of unbranched alkanes of at least 4 members (excludes halogenated alkanes) is 23. The first kappa shape index (κ1) is 68.4. The first-order valence-corrected chi connectivity index (χ1v) is 30.5. The summed E-state index contributed by atoms with van der Waals surface area (Å²) in [6.45, 7) is 5.48. The van der Waals surface area contributed by atoms with Gasteiger partial charge in [-0.3, -0.25) is 13.8 Å². The summed E-state index contributed by atoms with van der Waals surface area (Å²) < 4.78 is 35.3. The van der Waals surface area contributed by atoms with Crippen molar-refractivity contribution in [2.24, 2.45) is 0 Å². The fourth-order valence-electron chi connectivity index (χ4n) is 7.71. The minimum absolute atomic E-state index is 0.0804. The maximum absolute atomic E-state index is 12.8. The summed E-state index contributed by atoms with van der Waals surface area (Å²) >= 11 is 0. The SMILES string of the molecule is CC/C=C\C/C=C\C/C=C\C/C=C\C/C=C\C/C=C\CCCCCCCCC(=O)OC(COCCCCCCCCCCCCCC/C=C\C/C=C\CCCCCCC)COP(=O)(O)OCC[N+](C)(C)C. The highest BCUT2D eigenvalue weighted by Gasteiger charge is 2.26. The summed E-state index contributed by atoms with van der Waals surface area (Å²) in [7, 11) is 1.65. The van der Waals surface area contributed by atoms with Gasteiger partial charge in [-0.25, -0.2) is 4.57 Å². The number of phosphoric acid groups is 1. The highest BCUT2D eigenvalue weighted by molar-refractivity contribution is 7.47. The number of likely N-dealkylation sites (N-methyl/N-ethyl adjacent to an activating group) is 1. The highest BCUT2D eigenvalue weighted by Crippen LogP contribution is 2.43. The molecule has 0 aromatic carbocycles. The van der Waals surface area contributed by atoms with Crippen molar-refractivity contribution in [1.29, 1.82) is 0 Å². The van der Waals surface area contributed by atoms with E-state index in [0.717, 1.165) is 89.9 Å². The van der Waals surface area contributed by atoms with E-state index >= 15 is 0 Å². The zero-order valence-electron chi connectivity index (χ0n) is 46.7. The molecule has 71 heavy (non-hydrogen) atoms. The second-order valence-electron chi connectivity index (χ2n) is 20.3. The number of nitrogens with zero attached hydrogens (tertiary/aromatic N) is 1. The van der Waals surface area contributed by atoms with E-state index in [1.54, 1.807) is 0 Å². The van der Waals surface area contributed by atoms with Crippen molar-refractivity contribution in [3.63, 3.8) is 0 Å². The molecule has 0 aliphatic carbocycles. The van der Waals surface area contributed by atoms with Gasteiger partial charge in [0.15, 0.2) is 0 Å². The Hall–Kier alpha value is -2.58. The van der Waals surface area contributed by atoms with Crippen molar-refractivity contribution < 1.29 is 37.3 Å². The Morgan fingerprint density at radius 1 is 0.451 bits per heavy atom. The van der Waals surface area contributed by atoms with Crippen LogP contribution < -0.4 is 0 Å². The Balaban J connectivity index is 4.14. The Morgan fingerprint density at radius 3 is 1.23 bits per heavy atom. The predicted octanol–water partition coefficient (Wildman–Crippen LogP) is 18.5.